The van der Waals surface area contributed by atoms with Gasteiger partial charge < -0.3 is 11.1 Å². The second-order valence-electron chi connectivity index (χ2n) is 4.29. The van der Waals surface area contributed by atoms with Gasteiger partial charge in [-0.1, -0.05) is 18.0 Å². The fourth-order valence-corrected chi connectivity index (χ4v) is 3.15. The molecule has 1 fully saturated rings. The van der Waals surface area contributed by atoms with Crippen LogP contribution in [-0.2, 0) is 0 Å². The summed E-state index contributed by atoms with van der Waals surface area (Å²) >= 11 is 8.00. The topological polar surface area (TPSA) is 63.8 Å². The van der Waals surface area contributed by atoms with E-state index in [1.165, 1.54) is 19.2 Å². The molecule has 1 aliphatic rings. The normalized spacial score (nSPS) is 24.6. The third kappa shape index (κ3) is 3.16. The van der Waals surface area contributed by atoms with Crippen LogP contribution in [-0.4, -0.2) is 27.5 Å². The quantitative estimate of drug-likeness (QED) is 0.886. The molecule has 0 bridgehead atoms. The molecule has 2 atom stereocenters. The molecule has 1 aromatic rings. The Balaban J connectivity index is 2.02. The van der Waals surface area contributed by atoms with E-state index in [0.717, 1.165) is 18.1 Å². The van der Waals surface area contributed by atoms with Crippen molar-refractivity contribution in [2.75, 3.05) is 17.3 Å². The lowest BCUT2D eigenvalue weighted by Gasteiger charge is -2.29. The van der Waals surface area contributed by atoms with Gasteiger partial charge in [0.2, 0.25) is 0 Å². The Kier molecular flexibility index (Phi) is 4.34. The third-order valence-corrected chi connectivity index (χ3v) is 4.58. The number of nitrogens with zero attached hydrogens (tertiary/aromatic N) is 2. The Morgan fingerprint density at radius 3 is 3.06 bits per heavy atom. The zero-order valence-corrected chi connectivity index (χ0v) is 11.4. The number of thioether (sulfide) groups is 1. The van der Waals surface area contributed by atoms with Crippen LogP contribution < -0.4 is 11.1 Å². The lowest BCUT2D eigenvalue weighted by molar-refractivity contribution is 0.473. The summed E-state index contributed by atoms with van der Waals surface area (Å²) < 4.78 is 0. The molecule has 1 aliphatic carbocycles. The van der Waals surface area contributed by atoms with Crippen molar-refractivity contribution in [3.8, 4) is 0 Å². The molecule has 4 nitrogen and oxygen atoms in total. The highest BCUT2D eigenvalue weighted by Crippen LogP contribution is 2.31. The van der Waals surface area contributed by atoms with Gasteiger partial charge in [-0.15, -0.1) is 0 Å². The number of anilines is 2. The van der Waals surface area contributed by atoms with Crippen molar-refractivity contribution in [1.82, 2.24) is 9.97 Å². The van der Waals surface area contributed by atoms with Crippen molar-refractivity contribution in [2.45, 2.75) is 37.0 Å². The molecule has 0 spiro atoms. The molecule has 3 N–H and O–H groups in total. The SMILES string of the molecule is CSC1CCCC(Nc2ncnc(N)c2Cl)C1. The van der Waals surface area contributed by atoms with E-state index in [1.54, 1.807) is 0 Å². The molecule has 0 amide bonds. The molecule has 0 aromatic carbocycles. The summed E-state index contributed by atoms with van der Waals surface area (Å²) in [5, 5.41) is 4.54. The fraction of sp³-hybridized carbons (Fsp3) is 0.636. The number of rotatable bonds is 3. The Morgan fingerprint density at radius 1 is 1.47 bits per heavy atom. The largest absolute Gasteiger partial charge is 0.382 e. The predicted octanol–water partition coefficient (Wildman–Crippen LogP) is 2.80. The molecule has 0 radical (unpaired) electrons. The summed E-state index contributed by atoms with van der Waals surface area (Å²) in [4.78, 5) is 8.00. The summed E-state index contributed by atoms with van der Waals surface area (Å²) in [7, 11) is 0. The Morgan fingerprint density at radius 2 is 2.29 bits per heavy atom. The van der Waals surface area contributed by atoms with Gasteiger partial charge in [0.1, 0.15) is 17.2 Å². The molecular weight excluding hydrogens is 256 g/mol. The summed E-state index contributed by atoms with van der Waals surface area (Å²) in [6, 6.07) is 0.438. The third-order valence-electron chi connectivity index (χ3n) is 3.12. The molecule has 0 saturated heterocycles. The summed E-state index contributed by atoms with van der Waals surface area (Å²) in [6.07, 6.45) is 8.49. The van der Waals surface area contributed by atoms with Crippen molar-refractivity contribution in [1.29, 1.82) is 0 Å². The van der Waals surface area contributed by atoms with Crippen LogP contribution in [0, 0.1) is 0 Å². The molecule has 2 rings (SSSR count). The van der Waals surface area contributed by atoms with E-state index in [1.807, 2.05) is 11.8 Å². The summed E-state index contributed by atoms with van der Waals surface area (Å²) in [5.41, 5.74) is 5.65. The summed E-state index contributed by atoms with van der Waals surface area (Å²) in [5.74, 6) is 0.993. The average Bonchev–Trinajstić information content (AvgIpc) is 2.35. The first-order valence-electron chi connectivity index (χ1n) is 5.76. The van der Waals surface area contributed by atoms with E-state index >= 15 is 0 Å². The number of aromatic nitrogens is 2. The second kappa shape index (κ2) is 5.78. The molecular formula is C11H17ClN4S. The van der Waals surface area contributed by atoms with Gasteiger partial charge in [0.25, 0.3) is 0 Å². The van der Waals surface area contributed by atoms with Crippen LogP contribution in [0.2, 0.25) is 5.02 Å². The first-order chi connectivity index (χ1) is 8.20. The number of nitrogen functional groups attached to an aromatic ring is 1. The number of hydrogen-bond acceptors (Lipinski definition) is 5. The molecule has 1 saturated carbocycles. The van der Waals surface area contributed by atoms with E-state index in [9.17, 15) is 0 Å². The van der Waals surface area contributed by atoms with E-state index in [2.05, 4.69) is 21.5 Å². The number of nitrogens with one attached hydrogen (secondary N) is 1. The highest BCUT2D eigenvalue weighted by molar-refractivity contribution is 7.99. The minimum atomic E-state index is 0.335. The molecule has 6 heteroatoms. The monoisotopic (exact) mass is 272 g/mol. The number of nitrogens with two attached hydrogens (primary N) is 1. The van der Waals surface area contributed by atoms with Gasteiger partial charge in [-0.25, -0.2) is 9.97 Å². The Hall–Kier alpha value is -0.680. The van der Waals surface area contributed by atoms with E-state index in [0.29, 0.717) is 22.7 Å². The lowest BCUT2D eigenvalue weighted by atomic mass is 9.95. The standard InChI is InChI=1S/C11H17ClN4S/c1-17-8-4-2-3-7(5-8)16-11-9(12)10(13)14-6-15-11/h6-8H,2-5H2,1H3,(H3,13,14,15,16). The highest BCUT2D eigenvalue weighted by Gasteiger charge is 2.22. The second-order valence-corrected chi connectivity index (χ2v) is 5.80. The maximum Gasteiger partial charge on any atom is 0.150 e. The Labute approximate surface area is 111 Å². The van der Waals surface area contributed by atoms with Crippen molar-refractivity contribution < 1.29 is 0 Å². The number of hydrogen-bond donors (Lipinski definition) is 2. The van der Waals surface area contributed by atoms with Crippen LogP contribution in [0.5, 0.6) is 0 Å². The van der Waals surface area contributed by atoms with Crippen molar-refractivity contribution in [3.05, 3.63) is 11.3 Å². The van der Waals surface area contributed by atoms with Crippen LogP contribution in [0.4, 0.5) is 11.6 Å². The minimum Gasteiger partial charge on any atom is -0.382 e. The van der Waals surface area contributed by atoms with Crippen LogP contribution in [0.3, 0.4) is 0 Å². The maximum atomic E-state index is 6.07. The van der Waals surface area contributed by atoms with Gasteiger partial charge in [0.15, 0.2) is 5.82 Å². The zero-order chi connectivity index (χ0) is 12.3. The van der Waals surface area contributed by atoms with Crippen molar-refractivity contribution in [3.63, 3.8) is 0 Å². The van der Waals surface area contributed by atoms with E-state index < -0.39 is 0 Å². The van der Waals surface area contributed by atoms with E-state index in [4.69, 9.17) is 17.3 Å². The van der Waals surface area contributed by atoms with Gasteiger partial charge >= 0.3 is 0 Å². The van der Waals surface area contributed by atoms with Crippen LogP contribution in [0.1, 0.15) is 25.7 Å². The van der Waals surface area contributed by atoms with Crippen molar-refractivity contribution in [2.24, 2.45) is 0 Å². The molecule has 0 aliphatic heterocycles. The molecule has 1 heterocycles. The first-order valence-corrected chi connectivity index (χ1v) is 7.42. The van der Waals surface area contributed by atoms with E-state index in [-0.39, 0.29) is 0 Å². The Bertz CT molecular complexity index is 388. The van der Waals surface area contributed by atoms with Crippen molar-refractivity contribution >= 4 is 35.0 Å². The smallest absolute Gasteiger partial charge is 0.150 e. The minimum absolute atomic E-state index is 0.335. The predicted molar refractivity (Wildman–Crippen MR) is 74.6 cm³/mol. The average molecular weight is 273 g/mol. The van der Waals surface area contributed by atoms with Crippen LogP contribution in [0.15, 0.2) is 6.33 Å². The first kappa shape index (κ1) is 12.8. The maximum absolute atomic E-state index is 6.07. The van der Waals surface area contributed by atoms with Crippen LogP contribution >= 0.6 is 23.4 Å². The zero-order valence-electron chi connectivity index (χ0n) is 9.82. The van der Waals surface area contributed by atoms with Gasteiger partial charge in [-0.2, -0.15) is 11.8 Å². The van der Waals surface area contributed by atoms with Gasteiger partial charge in [0, 0.05) is 11.3 Å². The highest BCUT2D eigenvalue weighted by atomic mass is 35.5. The van der Waals surface area contributed by atoms with Gasteiger partial charge in [0.05, 0.1) is 0 Å². The molecule has 17 heavy (non-hydrogen) atoms. The van der Waals surface area contributed by atoms with Gasteiger partial charge in [-0.05, 0) is 25.5 Å². The molecule has 2 unspecified atom stereocenters. The summed E-state index contributed by atoms with van der Waals surface area (Å²) in [6.45, 7) is 0. The number of halogens is 1. The fourth-order valence-electron chi connectivity index (χ4n) is 2.17. The van der Waals surface area contributed by atoms with Crippen LogP contribution in [0.25, 0.3) is 0 Å². The molecule has 94 valence electrons. The molecule has 1 aromatic heterocycles. The van der Waals surface area contributed by atoms with Gasteiger partial charge in [-0.3, -0.25) is 0 Å². The lowest BCUT2D eigenvalue weighted by Crippen LogP contribution is -2.29.